The summed E-state index contributed by atoms with van der Waals surface area (Å²) in [6.07, 6.45) is 0.677. The molecule has 21 heavy (non-hydrogen) atoms. The number of carbonyl (C=O) groups excluding carboxylic acids is 1. The first-order chi connectivity index (χ1) is 9.75. The molecule has 4 rings (SSSR count). The number of hydrogen-bond donors (Lipinski definition) is 0. The third-order valence-electron chi connectivity index (χ3n) is 3.82. The number of carboxylic acid groups (broad SMARTS) is 1. The Morgan fingerprint density at radius 2 is 1.76 bits per heavy atom. The van der Waals surface area contributed by atoms with Crippen molar-refractivity contribution in [1.82, 2.24) is 4.98 Å². The van der Waals surface area contributed by atoms with Gasteiger partial charge in [0.15, 0.2) is 0 Å². The smallest absolute Gasteiger partial charge is 0.545 e. The Morgan fingerprint density at radius 1 is 1.05 bits per heavy atom. The standard InChI is InChI=1S/C17H11NO2.Na/c19-17(20)16-12-7-3-4-8-13(12)18-14-9-10-5-1-2-6-11(10)15(14)16;/h1-8H,9H2,(H,19,20);/q;+1/p-1. The molecule has 3 aromatic rings. The molecule has 3 nitrogen and oxygen atoms in total. The van der Waals surface area contributed by atoms with Gasteiger partial charge in [0, 0.05) is 22.9 Å². The first-order valence-corrected chi connectivity index (χ1v) is 6.47. The van der Waals surface area contributed by atoms with Gasteiger partial charge in [-0.15, -0.1) is 0 Å². The summed E-state index contributed by atoms with van der Waals surface area (Å²) in [7, 11) is 0. The van der Waals surface area contributed by atoms with Crippen LogP contribution in [0.15, 0.2) is 48.5 Å². The van der Waals surface area contributed by atoms with E-state index in [0.29, 0.717) is 17.3 Å². The van der Waals surface area contributed by atoms with Crippen molar-refractivity contribution in [2.75, 3.05) is 0 Å². The van der Waals surface area contributed by atoms with Crippen molar-refractivity contribution < 1.29 is 39.5 Å². The molecule has 4 heteroatoms. The Kier molecular flexibility index (Phi) is 3.57. The Labute approximate surface area is 143 Å². The largest absolute Gasteiger partial charge is 1.00 e. The first kappa shape index (κ1) is 14.3. The van der Waals surface area contributed by atoms with E-state index in [1.54, 1.807) is 6.07 Å². The summed E-state index contributed by atoms with van der Waals surface area (Å²) in [4.78, 5) is 16.3. The second kappa shape index (κ2) is 5.26. The minimum absolute atomic E-state index is 0. The van der Waals surface area contributed by atoms with E-state index in [2.05, 4.69) is 4.98 Å². The number of fused-ring (bicyclic) bond motifs is 4. The summed E-state index contributed by atoms with van der Waals surface area (Å²) in [5.41, 5.74) is 4.59. The molecule has 1 aliphatic carbocycles. The quantitative estimate of drug-likeness (QED) is 0.429. The maximum Gasteiger partial charge on any atom is 1.00 e. The van der Waals surface area contributed by atoms with Crippen LogP contribution in [-0.4, -0.2) is 11.0 Å². The zero-order valence-electron chi connectivity index (χ0n) is 11.6. The number of carboxylic acids is 1. The Morgan fingerprint density at radius 3 is 2.57 bits per heavy atom. The van der Waals surface area contributed by atoms with Crippen LogP contribution in [-0.2, 0) is 6.42 Å². The summed E-state index contributed by atoms with van der Waals surface area (Å²) >= 11 is 0. The van der Waals surface area contributed by atoms with E-state index < -0.39 is 5.97 Å². The number of aromatic nitrogens is 1. The van der Waals surface area contributed by atoms with Crippen LogP contribution in [0, 0.1) is 0 Å². The summed E-state index contributed by atoms with van der Waals surface area (Å²) in [6, 6.07) is 15.2. The summed E-state index contributed by atoms with van der Waals surface area (Å²) < 4.78 is 0. The van der Waals surface area contributed by atoms with E-state index in [-0.39, 0.29) is 35.1 Å². The molecule has 0 amide bonds. The molecule has 96 valence electrons. The van der Waals surface area contributed by atoms with Gasteiger partial charge in [0.1, 0.15) is 0 Å². The number of benzene rings is 2. The topological polar surface area (TPSA) is 53.0 Å². The monoisotopic (exact) mass is 283 g/mol. The zero-order chi connectivity index (χ0) is 13.7. The molecule has 0 fully saturated rings. The van der Waals surface area contributed by atoms with E-state index in [0.717, 1.165) is 22.4 Å². The zero-order valence-corrected chi connectivity index (χ0v) is 13.6. The molecule has 1 aromatic heterocycles. The van der Waals surface area contributed by atoms with Gasteiger partial charge in [0.05, 0.1) is 17.2 Å². The van der Waals surface area contributed by atoms with Gasteiger partial charge in [-0.25, -0.2) is 0 Å². The van der Waals surface area contributed by atoms with Gasteiger partial charge in [-0.05, 0) is 17.2 Å². The third kappa shape index (κ3) is 2.09. The fourth-order valence-corrected chi connectivity index (χ4v) is 2.99. The molecular weight excluding hydrogens is 273 g/mol. The van der Waals surface area contributed by atoms with Crippen LogP contribution < -0.4 is 34.7 Å². The minimum atomic E-state index is -1.14. The number of carbonyl (C=O) groups is 1. The number of pyridine rings is 1. The second-order valence-electron chi connectivity index (χ2n) is 4.95. The fourth-order valence-electron chi connectivity index (χ4n) is 2.99. The molecule has 0 atom stereocenters. The molecule has 0 aliphatic heterocycles. The molecular formula is C17H10NNaO2. The Balaban J connectivity index is 0.00000132. The number of para-hydroxylation sites is 1. The maximum absolute atomic E-state index is 11.6. The van der Waals surface area contributed by atoms with E-state index in [4.69, 9.17) is 0 Å². The number of hydrogen-bond acceptors (Lipinski definition) is 3. The summed E-state index contributed by atoms with van der Waals surface area (Å²) in [5, 5.41) is 12.3. The van der Waals surface area contributed by atoms with E-state index in [1.165, 1.54) is 0 Å². The molecule has 0 bridgehead atoms. The van der Waals surface area contributed by atoms with Crippen molar-refractivity contribution in [3.05, 3.63) is 65.4 Å². The molecule has 0 saturated heterocycles. The van der Waals surface area contributed by atoms with Crippen LogP contribution in [0.5, 0.6) is 0 Å². The van der Waals surface area contributed by atoms with Gasteiger partial charge in [-0.3, -0.25) is 4.98 Å². The maximum atomic E-state index is 11.6. The van der Waals surface area contributed by atoms with Gasteiger partial charge in [0.2, 0.25) is 0 Å². The predicted octanol–water partition coefficient (Wildman–Crippen LogP) is -0.826. The van der Waals surface area contributed by atoms with E-state index >= 15 is 0 Å². The van der Waals surface area contributed by atoms with Crippen LogP contribution >= 0.6 is 0 Å². The normalized spacial score (nSPS) is 11.6. The molecule has 0 saturated carbocycles. The van der Waals surface area contributed by atoms with Gasteiger partial charge in [0.25, 0.3) is 0 Å². The van der Waals surface area contributed by atoms with E-state index in [1.807, 2.05) is 42.5 Å². The van der Waals surface area contributed by atoms with Gasteiger partial charge >= 0.3 is 29.6 Å². The first-order valence-electron chi connectivity index (χ1n) is 6.47. The number of aromatic carboxylic acids is 1. The summed E-state index contributed by atoms with van der Waals surface area (Å²) in [5.74, 6) is -1.14. The average molecular weight is 283 g/mol. The summed E-state index contributed by atoms with van der Waals surface area (Å²) in [6.45, 7) is 0. The molecule has 1 heterocycles. The third-order valence-corrected chi connectivity index (χ3v) is 3.82. The molecule has 0 N–H and O–H groups in total. The SMILES string of the molecule is O=C([O-])c1c2c(nc3ccccc13)Cc1ccccc1-2.[Na+]. The van der Waals surface area contributed by atoms with Crippen LogP contribution in [0.25, 0.3) is 22.0 Å². The van der Waals surface area contributed by atoms with Gasteiger partial charge in [-0.2, -0.15) is 0 Å². The molecule has 1 aliphatic rings. The molecule has 0 unspecified atom stereocenters. The molecule has 0 radical (unpaired) electrons. The van der Waals surface area contributed by atoms with Crippen molar-refractivity contribution in [3.8, 4) is 11.1 Å². The fraction of sp³-hybridized carbons (Fsp3) is 0.0588. The molecule has 0 spiro atoms. The van der Waals surface area contributed by atoms with E-state index in [9.17, 15) is 9.90 Å². The number of nitrogens with zero attached hydrogens (tertiary/aromatic N) is 1. The van der Waals surface area contributed by atoms with Crippen LogP contribution in [0.2, 0.25) is 0 Å². The molecule has 2 aromatic carbocycles. The average Bonchev–Trinajstić information content (AvgIpc) is 2.82. The van der Waals surface area contributed by atoms with Gasteiger partial charge in [-0.1, -0.05) is 42.5 Å². The van der Waals surface area contributed by atoms with Crippen LogP contribution in [0.3, 0.4) is 0 Å². The Hall–Kier alpha value is -1.68. The van der Waals surface area contributed by atoms with Crippen molar-refractivity contribution in [2.24, 2.45) is 0 Å². The van der Waals surface area contributed by atoms with Crippen molar-refractivity contribution >= 4 is 16.9 Å². The second-order valence-corrected chi connectivity index (χ2v) is 4.95. The minimum Gasteiger partial charge on any atom is -0.545 e. The number of rotatable bonds is 1. The van der Waals surface area contributed by atoms with Gasteiger partial charge < -0.3 is 9.90 Å². The van der Waals surface area contributed by atoms with Crippen LogP contribution in [0.4, 0.5) is 0 Å². The van der Waals surface area contributed by atoms with Crippen molar-refractivity contribution in [1.29, 1.82) is 0 Å². The van der Waals surface area contributed by atoms with Crippen LogP contribution in [0.1, 0.15) is 21.6 Å². The predicted molar refractivity (Wildman–Crippen MR) is 74.3 cm³/mol. The van der Waals surface area contributed by atoms with Crippen molar-refractivity contribution in [2.45, 2.75) is 6.42 Å². The van der Waals surface area contributed by atoms with Crippen molar-refractivity contribution in [3.63, 3.8) is 0 Å². The Bertz CT molecular complexity index is 874.